The highest BCUT2D eigenvalue weighted by Gasteiger charge is 2.29. The van der Waals surface area contributed by atoms with Crippen molar-refractivity contribution in [2.24, 2.45) is 5.92 Å². The molecule has 1 fully saturated rings. The molecule has 1 atom stereocenters. The van der Waals surface area contributed by atoms with E-state index in [1.165, 1.54) is 12.8 Å². The summed E-state index contributed by atoms with van der Waals surface area (Å²) in [5, 5.41) is 2.97. The number of benzene rings is 1. The molecule has 1 saturated carbocycles. The van der Waals surface area contributed by atoms with Crippen molar-refractivity contribution in [3.8, 4) is 0 Å². The quantitative estimate of drug-likeness (QED) is 0.846. The summed E-state index contributed by atoms with van der Waals surface area (Å²) < 4.78 is 0.915. The van der Waals surface area contributed by atoms with E-state index in [4.69, 9.17) is 11.6 Å². The molecule has 2 rings (SSSR count). The average Bonchev–Trinajstić information content (AvgIpc) is 3.12. The molecule has 0 bridgehead atoms. The van der Waals surface area contributed by atoms with E-state index >= 15 is 0 Å². The van der Waals surface area contributed by atoms with E-state index in [1.807, 2.05) is 25.1 Å². The number of hydrogen-bond donors (Lipinski definition) is 1. The third-order valence-corrected chi connectivity index (χ3v) is 4.04. The number of rotatable bonds is 4. The Labute approximate surface area is 115 Å². The summed E-state index contributed by atoms with van der Waals surface area (Å²) in [5.41, 5.74) is 1.68. The van der Waals surface area contributed by atoms with Crippen LogP contribution in [0.15, 0.2) is 22.7 Å². The summed E-state index contributed by atoms with van der Waals surface area (Å²) in [6, 6.07) is 5.70. The van der Waals surface area contributed by atoms with Crippen LogP contribution < -0.4 is 5.32 Å². The molecule has 1 aliphatic rings. The Balaban J connectivity index is 1.96. The first kappa shape index (κ1) is 12.9. The molecule has 0 aromatic heterocycles. The monoisotopic (exact) mass is 315 g/mol. The smallest absolute Gasteiger partial charge is 0.251 e. The van der Waals surface area contributed by atoms with Crippen LogP contribution in [0.4, 0.5) is 0 Å². The van der Waals surface area contributed by atoms with E-state index in [2.05, 4.69) is 21.2 Å². The fraction of sp³-hybridized carbons (Fsp3) is 0.462. The second-order valence-electron chi connectivity index (χ2n) is 4.52. The maximum Gasteiger partial charge on any atom is 0.251 e. The first-order chi connectivity index (χ1) is 8.08. The molecular formula is C13H15BrClNO. The third-order valence-electron chi connectivity index (χ3n) is 3.04. The third kappa shape index (κ3) is 3.46. The summed E-state index contributed by atoms with van der Waals surface area (Å²) in [7, 11) is 0. The minimum atomic E-state index is -0.0462. The van der Waals surface area contributed by atoms with Crippen LogP contribution in [0.3, 0.4) is 0 Å². The van der Waals surface area contributed by atoms with Gasteiger partial charge in [-0.25, -0.2) is 0 Å². The van der Waals surface area contributed by atoms with Gasteiger partial charge in [-0.2, -0.15) is 0 Å². The zero-order chi connectivity index (χ0) is 12.4. The second-order valence-corrected chi connectivity index (χ2v) is 6.00. The summed E-state index contributed by atoms with van der Waals surface area (Å²) in [5.74, 6) is 0.552. The fourth-order valence-electron chi connectivity index (χ4n) is 1.75. The summed E-state index contributed by atoms with van der Waals surface area (Å²) in [4.78, 5) is 12.0. The number of amides is 1. The van der Waals surface area contributed by atoms with Gasteiger partial charge in [-0.3, -0.25) is 4.79 Å². The standard InChI is InChI=1S/C13H15BrClNO/c1-8-2-5-10(14)6-11(8)13(17)16-7-12(15)9-3-4-9/h2,5-6,9,12H,3-4,7H2,1H3,(H,16,17). The molecule has 1 N–H and O–H groups in total. The van der Waals surface area contributed by atoms with Crippen LogP contribution in [0.5, 0.6) is 0 Å². The Kier molecular flexibility index (Phi) is 4.10. The number of halogens is 2. The zero-order valence-electron chi connectivity index (χ0n) is 9.67. The van der Waals surface area contributed by atoms with Gasteiger partial charge in [0.2, 0.25) is 0 Å². The van der Waals surface area contributed by atoms with Gasteiger partial charge in [0.15, 0.2) is 0 Å². The molecule has 1 unspecified atom stereocenters. The van der Waals surface area contributed by atoms with Gasteiger partial charge in [0.25, 0.3) is 5.91 Å². The lowest BCUT2D eigenvalue weighted by molar-refractivity contribution is 0.0952. The predicted octanol–water partition coefficient (Wildman–Crippen LogP) is 3.50. The molecule has 17 heavy (non-hydrogen) atoms. The van der Waals surface area contributed by atoms with E-state index in [0.29, 0.717) is 18.0 Å². The normalized spacial score (nSPS) is 16.6. The van der Waals surface area contributed by atoms with E-state index < -0.39 is 0 Å². The van der Waals surface area contributed by atoms with Crippen LogP contribution in [0.2, 0.25) is 0 Å². The number of carbonyl (C=O) groups is 1. The topological polar surface area (TPSA) is 29.1 Å². The molecule has 0 heterocycles. The highest BCUT2D eigenvalue weighted by molar-refractivity contribution is 9.10. The molecule has 92 valence electrons. The van der Waals surface area contributed by atoms with Gasteiger partial charge in [0, 0.05) is 16.6 Å². The van der Waals surface area contributed by atoms with Crippen molar-refractivity contribution in [3.05, 3.63) is 33.8 Å². The second kappa shape index (κ2) is 5.40. The lowest BCUT2D eigenvalue weighted by atomic mass is 10.1. The van der Waals surface area contributed by atoms with Crippen molar-refractivity contribution in [2.75, 3.05) is 6.54 Å². The SMILES string of the molecule is Cc1ccc(Br)cc1C(=O)NCC(Cl)C1CC1. The molecule has 0 saturated heterocycles. The van der Waals surface area contributed by atoms with Crippen molar-refractivity contribution >= 4 is 33.4 Å². The van der Waals surface area contributed by atoms with Gasteiger partial charge in [-0.1, -0.05) is 22.0 Å². The average molecular weight is 317 g/mol. The minimum absolute atomic E-state index is 0.0462. The van der Waals surface area contributed by atoms with Crippen LogP contribution in [0.25, 0.3) is 0 Å². The Morgan fingerprint density at radius 1 is 1.59 bits per heavy atom. The molecule has 0 radical (unpaired) electrons. The Morgan fingerprint density at radius 2 is 2.29 bits per heavy atom. The number of nitrogens with one attached hydrogen (secondary N) is 1. The van der Waals surface area contributed by atoms with E-state index in [9.17, 15) is 4.79 Å². The number of aryl methyl sites for hydroxylation is 1. The van der Waals surface area contributed by atoms with E-state index in [1.54, 1.807) is 0 Å². The molecule has 0 spiro atoms. The molecule has 1 aliphatic carbocycles. The van der Waals surface area contributed by atoms with Gasteiger partial charge in [-0.05, 0) is 43.4 Å². The van der Waals surface area contributed by atoms with Crippen LogP contribution >= 0.6 is 27.5 Å². The fourth-order valence-corrected chi connectivity index (χ4v) is 2.44. The van der Waals surface area contributed by atoms with Gasteiger partial charge in [-0.15, -0.1) is 11.6 Å². The van der Waals surface area contributed by atoms with Crippen molar-refractivity contribution in [1.29, 1.82) is 0 Å². The maximum absolute atomic E-state index is 12.0. The molecular weight excluding hydrogens is 302 g/mol. The lowest BCUT2D eigenvalue weighted by Crippen LogP contribution is -2.31. The number of alkyl halides is 1. The predicted molar refractivity (Wildman–Crippen MR) is 73.6 cm³/mol. The van der Waals surface area contributed by atoms with Gasteiger partial charge in [0.05, 0.1) is 5.38 Å². The zero-order valence-corrected chi connectivity index (χ0v) is 12.0. The van der Waals surface area contributed by atoms with Gasteiger partial charge >= 0.3 is 0 Å². The van der Waals surface area contributed by atoms with Crippen molar-refractivity contribution in [2.45, 2.75) is 25.1 Å². The van der Waals surface area contributed by atoms with Crippen LogP contribution in [0, 0.1) is 12.8 Å². The van der Waals surface area contributed by atoms with Crippen molar-refractivity contribution < 1.29 is 4.79 Å². The number of carbonyl (C=O) groups excluding carboxylic acids is 1. The minimum Gasteiger partial charge on any atom is -0.351 e. The first-order valence-electron chi connectivity index (χ1n) is 5.76. The molecule has 1 amide bonds. The maximum atomic E-state index is 12.0. The highest BCUT2D eigenvalue weighted by atomic mass is 79.9. The van der Waals surface area contributed by atoms with E-state index in [0.717, 1.165) is 10.0 Å². The van der Waals surface area contributed by atoms with E-state index in [-0.39, 0.29) is 11.3 Å². The van der Waals surface area contributed by atoms with Crippen LogP contribution in [-0.2, 0) is 0 Å². The van der Waals surface area contributed by atoms with Gasteiger partial charge < -0.3 is 5.32 Å². The molecule has 4 heteroatoms. The first-order valence-corrected chi connectivity index (χ1v) is 6.99. The lowest BCUT2D eigenvalue weighted by Gasteiger charge is -2.11. The Bertz CT molecular complexity index is 431. The summed E-state index contributed by atoms with van der Waals surface area (Å²) >= 11 is 9.53. The Hall–Kier alpha value is -0.540. The largest absolute Gasteiger partial charge is 0.351 e. The van der Waals surface area contributed by atoms with Crippen molar-refractivity contribution in [3.63, 3.8) is 0 Å². The molecule has 2 nitrogen and oxygen atoms in total. The highest BCUT2D eigenvalue weighted by Crippen LogP contribution is 2.35. The van der Waals surface area contributed by atoms with Crippen LogP contribution in [0.1, 0.15) is 28.8 Å². The van der Waals surface area contributed by atoms with Gasteiger partial charge in [0.1, 0.15) is 0 Å². The molecule has 0 aliphatic heterocycles. The van der Waals surface area contributed by atoms with Crippen LogP contribution in [-0.4, -0.2) is 17.8 Å². The van der Waals surface area contributed by atoms with Crippen molar-refractivity contribution in [1.82, 2.24) is 5.32 Å². The summed E-state index contributed by atoms with van der Waals surface area (Å²) in [6.45, 7) is 2.48. The molecule has 1 aromatic carbocycles. The Morgan fingerprint density at radius 3 is 2.94 bits per heavy atom. The molecule has 1 aromatic rings. The number of hydrogen-bond acceptors (Lipinski definition) is 1. The summed E-state index contributed by atoms with van der Waals surface area (Å²) in [6.07, 6.45) is 2.39.